The summed E-state index contributed by atoms with van der Waals surface area (Å²) in [5, 5.41) is 2.97. The largest absolute Gasteiger partial charge is 0.347 e. The summed E-state index contributed by atoms with van der Waals surface area (Å²) in [7, 11) is 3.25. The first kappa shape index (κ1) is 22.7. The lowest BCUT2D eigenvalue weighted by Crippen LogP contribution is -2.52. The maximum atomic E-state index is 13.8. The average molecular weight is 446 g/mol. The standard InChI is InChI=1S/C23H25ClFN3O3/c1-4-5-21(29)26-17-8-6-14-11-20(23(31)27(2)3)28(13-15(14)10-17)22(30)18-12-16(25)7-9-19(18)24/h6-10,12,20H,4-5,11,13H2,1-3H3,(H,26,29)/t20-/m0/s1. The Morgan fingerprint density at radius 2 is 1.90 bits per heavy atom. The summed E-state index contributed by atoms with van der Waals surface area (Å²) in [6, 6.07) is 8.32. The van der Waals surface area contributed by atoms with Gasteiger partial charge in [-0.15, -0.1) is 0 Å². The lowest BCUT2D eigenvalue weighted by Gasteiger charge is -2.37. The van der Waals surface area contributed by atoms with Crippen molar-refractivity contribution in [3.63, 3.8) is 0 Å². The summed E-state index contributed by atoms with van der Waals surface area (Å²) < 4.78 is 13.8. The van der Waals surface area contributed by atoms with Crippen LogP contribution in [-0.4, -0.2) is 47.7 Å². The third-order valence-corrected chi connectivity index (χ3v) is 5.57. The molecule has 31 heavy (non-hydrogen) atoms. The van der Waals surface area contributed by atoms with E-state index in [0.717, 1.165) is 23.6 Å². The monoisotopic (exact) mass is 445 g/mol. The number of carbonyl (C=O) groups is 3. The fraction of sp³-hybridized carbons (Fsp3) is 0.348. The Kier molecular flexibility index (Phi) is 6.95. The van der Waals surface area contributed by atoms with Crippen LogP contribution in [0.1, 0.15) is 41.3 Å². The van der Waals surface area contributed by atoms with E-state index in [0.29, 0.717) is 18.5 Å². The predicted octanol–water partition coefficient (Wildman–Crippen LogP) is 3.87. The molecule has 1 heterocycles. The van der Waals surface area contributed by atoms with Crippen LogP contribution in [0, 0.1) is 5.82 Å². The van der Waals surface area contributed by atoms with Crippen molar-refractivity contribution in [3.05, 3.63) is 63.9 Å². The minimum atomic E-state index is -0.741. The molecule has 0 saturated heterocycles. The zero-order valence-electron chi connectivity index (χ0n) is 17.7. The summed E-state index contributed by atoms with van der Waals surface area (Å²) in [5.41, 5.74) is 2.38. The van der Waals surface area contributed by atoms with Crippen LogP contribution in [0.3, 0.4) is 0 Å². The molecule has 0 fully saturated rings. The zero-order valence-corrected chi connectivity index (χ0v) is 18.5. The second-order valence-electron chi connectivity index (χ2n) is 7.79. The van der Waals surface area contributed by atoms with Crippen LogP contribution in [0.15, 0.2) is 36.4 Å². The van der Waals surface area contributed by atoms with Crippen LogP contribution in [-0.2, 0) is 22.6 Å². The van der Waals surface area contributed by atoms with Gasteiger partial charge in [0.1, 0.15) is 11.9 Å². The van der Waals surface area contributed by atoms with E-state index in [-0.39, 0.29) is 28.9 Å². The number of fused-ring (bicyclic) bond motifs is 1. The second-order valence-corrected chi connectivity index (χ2v) is 8.20. The molecule has 164 valence electrons. The SMILES string of the molecule is CCCC(=O)Nc1ccc2c(c1)CN(C(=O)c1cc(F)ccc1Cl)[C@H](C(=O)N(C)C)C2. The molecule has 0 saturated carbocycles. The van der Waals surface area contributed by atoms with Crippen LogP contribution in [0.25, 0.3) is 0 Å². The highest BCUT2D eigenvalue weighted by Gasteiger charge is 2.36. The second kappa shape index (κ2) is 9.47. The molecule has 1 aliphatic rings. The molecule has 1 atom stereocenters. The highest BCUT2D eigenvalue weighted by atomic mass is 35.5. The van der Waals surface area contributed by atoms with Gasteiger partial charge < -0.3 is 15.1 Å². The topological polar surface area (TPSA) is 69.7 Å². The van der Waals surface area contributed by atoms with E-state index in [1.54, 1.807) is 20.2 Å². The number of benzene rings is 2. The van der Waals surface area contributed by atoms with Crippen molar-refractivity contribution in [2.75, 3.05) is 19.4 Å². The summed E-state index contributed by atoms with van der Waals surface area (Å²) in [4.78, 5) is 41.0. The molecule has 1 aliphatic heterocycles. The van der Waals surface area contributed by atoms with Gasteiger partial charge in [-0.05, 0) is 47.9 Å². The van der Waals surface area contributed by atoms with Crippen LogP contribution in [0.4, 0.5) is 10.1 Å². The molecular formula is C23H25ClFN3O3. The Balaban J connectivity index is 1.97. The van der Waals surface area contributed by atoms with E-state index < -0.39 is 17.8 Å². The maximum absolute atomic E-state index is 13.8. The van der Waals surface area contributed by atoms with Gasteiger partial charge in [-0.1, -0.05) is 24.6 Å². The minimum absolute atomic E-state index is 0.00840. The van der Waals surface area contributed by atoms with E-state index in [1.165, 1.54) is 21.9 Å². The van der Waals surface area contributed by atoms with Crippen molar-refractivity contribution < 1.29 is 18.8 Å². The van der Waals surface area contributed by atoms with Gasteiger partial charge in [-0.2, -0.15) is 0 Å². The molecule has 0 bridgehead atoms. The summed E-state index contributed by atoms with van der Waals surface area (Å²) in [6.45, 7) is 2.07. The van der Waals surface area contributed by atoms with Crippen LogP contribution in [0.2, 0.25) is 5.02 Å². The Morgan fingerprint density at radius 3 is 2.58 bits per heavy atom. The van der Waals surface area contributed by atoms with Gasteiger partial charge in [0.15, 0.2) is 0 Å². The van der Waals surface area contributed by atoms with Crippen molar-refractivity contribution in [1.82, 2.24) is 9.80 Å². The molecule has 2 aromatic rings. The summed E-state index contributed by atoms with van der Waals surface area (Å²) in [5.74, 6) is -1.41. The van der Waals surface area contributed by atoms with E-state index in [2.05, 4.69) is 5.32 Å². The third kappa shape index (κ3) is 5.05. The predicted molar refractivity (Wildman–Crippen MR) is 117 cm³/mol. The highest BCUT2D eigenvalue weighted by Crippen LogP contribution is 2.30. The minimum Gasteiger partial charge on any atom is -0.347 e. The summed E-state index contributed by atoms with van der Waals surface area (Å²) in [6.07, 6.45) is 1.47. The molecule has 6 nitrogen and oxygen atoms in total. The van der Waals surface area contributed by atoms with Gasteiger partial charge in [0.25, 0.3) is 5.91 Å². The quantitative estimate of drug-likeness (QED) is 0.759. The molecular weight excluding hydrogens is 421 g/mol. The Labute approximate surface area is 186 Å². The third-order valence-electron chi connectivity index (χ3n) is 5.24. The van der Waals surface area contributed by atoms with Crippen molar-refractivity contribution in [3.8, 4) is 0 Å². The normalized spacial score (nSPS) is 15.3. The Bertz CT molecular complexity index is 1030. The maximum Gasteiger partial charge on any atom is 0.256 e. The number of hydrogen-bond acceptors (Lipinski definition) is 3. The first-order valence-electron chi connectivity index (χ1n) is 10.1. The number of carbonyl (C=O) groups excluding carboxylic acids is 3. The van der Waals surface area contributed by atoms with E-state index in [4.69, 9.17) is 11.6 Å². The first-order valence-corrected chi connectivity index (χ1v) is 10.5. The van der Waals surface area contributed by atoms with Gasteiger partial charge in [-0.25, -0.2) is 4.39 Å². The molecule has 3 rings (SSSR count). The number of nitrogens with zero attached hydrogens (tertiary/aromatic N) is 2. The molecule has 0 spiro atoms. The van der Waals surface area contributed by atoms with Crippen molar-refractivity contribution in [2.45, 2.75) is 38.8 Å². The summed E-state index contributed by atoms with van der Waals surface area (Å²) >= 11 is 6.16. The number of rotatable bonds is 5. The number of hydrogen-bond donors (Lipinski definition) is 1. The van der Waals surface area contributed by atoms with Crippen LogP contribution < -0.4 is 5.32 Å². The molecule has 8 heteroatoms. The van der Waals surface area contributed by atoms with Crippen molar-refractivity contribution in [2.24, 2.45) is 0 Å². The Morgan fingerprint density at radius 1 is 1.16 bits per heavy atom. The van der Waals surface area contributed by atoms with Gasteiger partial charge in [0, 0.05) is 39.2 Å². The molecule has 0 unspecified atom stereocenters. The van der Waals surface area contributed by atoms with Gasteiger partial charge in [-0.3, -0.25) is 14.4 Å². The van der Waals surface area contributed by atoms with E-state index in [9.17, 15) is 18.8 Å². The molecule has 2 aromatic carbocycles. The zero-order chi connectivity index (χ0) is 22.7. The van der Waals surface area contributed by atoms with Gasteiger partial charge in [0.2, 0.25) is 11.8 Å². The van der Waals surface area contributed by atoms with Gasteiger partial charge in [0.05, 0.1) is 10.6 Å². The number of nitrogens with one attached hydrogen (secondary N) is 1. The van der Waals surface area contributed by atoms with Crippen molar-refractivity contribution in [1.29, 1.82) is 0 Å². The molecule has 0 aliphatic carbocycles. The first-order chi connectivity index (χ1) is 14.7. The lowest BCUT2D eigenvalue weighted by molar-refractivity contribution is -0.134. The smallest absolute Gasteiger partial charge is 0.256 e. The number of likely N-dealkylation sites (N-methyl/N-ethyl adjacent to an activating group) is 1. The molecule has 0 aromatic heterocycles. The molecule has 1 N–H and O–H groups in total. The average Bonchev–Trinajstić information content (AvgIpc) is 2.73. The van der Waals surface area contributed by atoms with Crippen molar-refractivity contribution >= 4 is 35.0 Å². The van der Waals surface area contributed by atoms with Crippen LogP contribution in [0.5, 0.6) is 0 Å². The highest BCUT2D eigenvalue weighted by molar-refractivity contribution is 6.33. The fourth-order valence-corrected chi connectivity index (χ4v) is 3.86. The van der Waals surface area contributed by atoms with Crippen LogP contribution >= 0.6 is 11.6 Å². The van der Waals surface area contributed by atoms with E-state index in [1.807, 2.05) is 19.1 Å². The number of anilines is 1. The van der Waals surface area contributed by atoms with Gasteiger partial charge >= 0.3 is 0 Å². The number of halogens is 2. The molecule has 3 amide bonds. The Hall–Kier alpha value is -2.93. The number of amides is 3. The van der Waals surface area contributed by atoms with E-state index >= 15 is 0 Å². The molecule has 0 radical (unpaired) electrons. The lowest BCUT2D eigenvalue weighted by atomic mass is 9.92. The fourth-order valence-electron chi connectivity index (χ4n) is 3.66.